The molecule has 6 rings (SSSR count). The van der Waals surface area contributed by atoms with Gasteiger partial charge in [0, 0.05) is 44.9 Å². The normalized spacial score (nSPS) is 22.5. The summed E-state index contributed by atoms with van der Waals surface area (Å²) in [5, 5.41) is 1.96. The second-order valence-corrected chi connectivity index (χ2v) is 14.9. The number of amides is 2. The molecular weight excluding hydrogens is 590 g/mol. The highest BCUT2D eigenvalue weighted by molar-refractivity contribution is 7.90. The van der Waals surface area contributed by atoms with E-state index in [9.17, 15) is 18.0 Å². The molecule has 3 saturated heterocycles. The van der Waals surface area contributed by atoms with Crippen LogP contribution in [-0.2, 0) is 21.2 Å². The van der Waals surface area contributed by atoms with Crippen molar-refractivity contribution in [3.05, 3.63) is 88.1 Å². The molecule has 1 spiro atoms. The molecule has 10 heteroatoms. The largest absolute Gasteiger partial charge is 0.338 e. The number of carbonyl (C=O) groups excluding carboxylic acids is 2. The molecule has 0 radical (unpaired) electrons. The Balaban J connectivity index is 0.00000353. The minimum atomic E-state index is -3.24. The zero-order valence-electron chi connectivity index (χ0n) is 23.9. The predicted molar refractivity (Wildman–Crippen MR) is 168 cm³/mol. The van der Waals surface area contributed by atoms with E-state index >= 15 is 0 Å². The molecular formula is C32H38ClN3O4S2. The Kier molecular flexibility index (Phi) is 9.13. The topological polar surface area (TPSA) is 78.0 Å². The molecule has 3 aliphatic heterocycles. The van der Waals surface area contributed by atoms with Crippen LogP contribution < -0.4 is 0 Å². The lowest BCUT2D eigenvalue weighted by Gasteiger charge is -2.39. The number of piperidine rings is 1. The van der Waals surface area contributed by atoms with Gasteiger partial charge < -0.3 is 14.7 Å². The number of hydrogen-bond acceptors (Lipinski definition) is 6. The number of likely N-dealkylation sites (tertiary alicyclic amines) is 3. The Morgan fingerprint density at radius 2 is 1.62 bits per heavy atom. The molecule has 2 atom stereocenters. The quantitative estimate of drug-likeness (QED) is 0.371. The summed E-state index contributed by atoms with van der Waals surface area (Å²) in [5.41, 5.74) is 1.95. The van der Waals surface area contributed by atoms with Gasteiger partial charge in [-0.3, -0.25) is 9.59 Å². The van der Waals surface area contributed by atoms with Crippen molar-refractivity contribution in [1.29, 1.82) is 0 Å². The summed E-state index contributed by atoms with van der Waals surface area (Å²) in [7, 11) is -3.24. The van der Waals surface area contributed by atoms with E-state index in [1.54, 1.807) is 12.1 Å². The van der Waals surface area contributed by atoms with Gasteiger partial charge in [-0.1, -0.05) is 48.5 Å². The number of sulfone groups is 1. The smallest absolute Gasteiger partial charge is 0.263 e. The van der Waals surface area contributed by atoms with Crippen molar-refractivity contribution in [3.8, 4) is 0 Å². The van der Waals surface area contributed by atoms with Crippen LogP contribution in [0.2, 0.25) is 0 Å². The summed E-state index contributed by atoms with van der Waals surface area (Å²) < 4.78 is 23.6. The second kappa shape index (κ2) is 12.5. The molecule has 0 aliphatic carbocycles. The fraction of sp³-hybridized carbons (Fsp3) is 0.438. The maximum Gasteiger partial charge on any atom is 0.263 e. The first-order valence-corrected chi connectivity index (χ1v) is 17.2. The molecule has 3 aromatic rings. The van der Waals surface area contributed by atoms with Gasteiger partial charge in [0.25, 0.3) is 5.91 Å². The lowest BCUT2D eigenvalue weighted by molar-refractivity contribution is -0.139. The monoisotopic (exact) mass is 627 g/mol. The molecule has 4 heterocycles. The number of halogens is 1. The van der Waals surface area contributed by atoms with Crippen molar-refractivity contribution in [3.63, 3.8) is 0 Å². The SMILES string of the molecule is CS(=O)(=O)c1ccc(CN2CCC3(CCN(C[C@H]4CN(C(=O)c5cccs5)C[C@@H]4c4ccccc4)CC3)C2=O)cc1.Cl. The molecule has 3 fully saturated rings. The van der Waals surface area contributed by atoms with E-state index in [0.29, 0.717) is 23.3 Å². The molecule has 3 aliphatic rings. The Bertz CT molecular complexity index is 1490. The summed E-state index contributed by atoms with van der Waals surface area (Å²) in [6.07, 6.45) is 3.80. The van der Waals surface area contributed by atoms with Gasteiger partial charge in [-0.15, -0.1) is 23.7 Å². The van der Waals surface area contributed by atoms with Gasteiger partial charge in [-0.25, -0.2) is 8.42 Å². The van der Waals surface area contributed by atoms with Gasteiger partial charge in [-0.05, 0) is 73.0 Å². The van der Waals surface area contributed by atoms with Crippen LogP contribution in [0.25, 0.3) is 0 Å². The van der Waals surface area contributed by atoms with Crippen molar-refractivity contribution in [2.24, 2.45) is 11.3 Å². The van der Waals surface area contributed by atoms with Crippen molar-refractivity contribution < 1.29 is 18.0 Å². The third kappa shape index (κ3) is 6.30. The zero-order valence-corrected chi connectivity index (χ0v) is 26.3. The third-order valence-corrected chi connectivity index (χ3v) is 11.3. The summed E-state index contributed by atoms with van der Waals surface area (Å²) in [6.45, 7) is 5.45. The number of rotatable bonds is 7. The molecule has 0 saturated carbocycles. The van der Waals surface area contributed by atoms with Crippen molar-refractivity contribution in [1.82, 2.24) is 14.7 Å². The standard InChI is InChI=1S/C32H37N3O4S2.ClH/c1-41(38,39)27-11-9-24(10-12-27)20-34-18-15-32(31(34)37)13-16-33(17-14-32)21-26-22-35(30(36)29-8-5-19-40-29)23-28(26)25-6-3-2-4-7-25;/h2-12,19,26,28H,13-18,20-23H2,1H3;1H/t26-,28+;/m0./s1. The Morgan fingerprint density at radius 1 is 0.929 bits per heavy atom. The maximum absolute atomic E-state index is 13.6. The molecule has 2 amide bonds. The van der Waals surface area contributed by atoms with E-state index in [0.717, 1.165) is 69.0 Å². The van der Waals surface area contributed by atoms with Gasteiger partial charge >= 0.3 is 0 Å². The minimum Gasteiger partial charge on any atom is -0.338 e. The first-order valence-electron chi connectivity index (χ1n) is 14.4. The number of nitrogens with zero attached hydrogens (tertiary/aromatic N) is 3. The van der Waals surface area contributed by atoms with Crippen LogP contribution >= 0.6 is 23.7 Å². The lowest BCUT2D eigenvalue weighted by atomic mass is 9.76. The van der Waals surface area contributed by atoms with E-state index < -0.39 is 9.84 Å². The Labute approximate surface area is 258 Å². The van der Waals surface area contributed by atoms with E-state index in [2.05, 4.69) is 29.2 Å². The highest BCUT2D eigenvalue weighted by Crippen LogP contribution is 2.43. The first-order chi connectivity index (χ1) is 19.7. The van der Waals surface area contributed by atoms with Crippen molar-refractivity contribution in [2.45, 2.75) is 36.6 Å². The summed E-state index contributed by atoms with van der Waals surface area (Å²) in [5.74, 6) is 1.01. The van der Waals surface area contributed by atoms with E-state index in [-0.39, 0.29) is 29.6 Å². The molecule has 7 nitrogen and oxygen atoms in total. The molecule has 2 aromatic carbocycles. The van der Waals surface area contributed by atoms with E-state index in [1.165, 1.54) is 23.2 Å². The van der Waals surface area contributed by atoms with Crippen LogP contribution in [0.1, 0.15) is 46.0 Å². The first kappa shape index (κ1) is 30.7. The maximum atomic E-state index is 13.6. The summed E-state index contributed by atoms with van der Waals surface area (Å²) >= 11 is 1.50. The fourth-order valence-electron chi connectivity index (χ4n) is 6.92. The number of carbonyl (C=O) groups is 2. The average Bonchev–Trinajstić information content (AvgIpc) is 3.72. The number of thiophene rings is 1. The molecule has 1 aromatic heterocycles. The highest BCUT2D eigenvalue weighted by Gasteiger charge is 2.48. The van der Waals surface area contributed by atoms with Crippen LogP contribution in [0.4, 0.5) is 0 Å². The van der Waals surface area contributed by atoms with Gasteiger partial charge in [0.05, 0.1) is 15.2 Å². The number of hydrogen-bond donors (Lipinski definition) is 0. The van der Waals surface area contributed by atoms with E-state index in [1.807, 2.05) is 45.5 Å². The number of benzene rings is 2. The van der Waals surface area contributed by atoms with Crippen LogP contribution in [0.5, 0.6) is 0 Å². The van der Waals surface area contributed by atoms with Crippen molar-refractivity contribution >= 4 is 45.4 Å². The molecule has 0 unspecified atom stereocenters. The Hall–Kier alpha value is -2.72. The second-order valence-electron chi connectivity index (χ2n) is 11.9. The Morgan fingerprint density at radius 3 is 2.26 bits per heavy atom. The predicted octanol–water partition coefficient (Wildman–Crippen LogP) is 4.94. The third-order valence-electron chi connectivity index (χ3n) is 9.32. The summed E-state index contributed by atoms with van der Waals surface area (Å²) in [4.78, 5) is 34.4. The van der Waals surface area contributed by atoms with E-state index in [4.69, 9.17) is 0 Å². The average molecular weight is 628 g/mol. The van der Waals surface area contributed by atoms with Gasteiger partial charge in [-0.2, -0.15) is 0 Å². The van der Waals surface area contributed by atoms with Crippen molar-refractivity contribution in [2.75, 3.05) is 45.5 Å². The minimum absolute atomic E-state index is 0. The van der Waals surface area contributed by atoms with Crippen LogP contribution in [0.15, 0.2) is 77.0 Å². The fourth-order valence-corrected chi connectivity index (χ4v) is 8.24. The molecule has 0 bridgehead atoms. The highest BCUT2D eigenvalue weighted by atomic mass is 35.5. The van der Waals surface area contributed by atoms with Gasteiger partial charge in [0.15, 0.2) is 9.84 Å². The lowest BCUT2D eigenvalue weighted by Crippen LogP contribution is -2.46. The molecule has 224 valence electrons. The van der Waals surface area contributed by atoms with Crippen LogP contribution in [0, 0.1) is 11.3 Å². The summed E-state index contributed by atoms with van der Waals surface area (Å²) in [6, 6.07) is 21.3. The van der Waals surface area contributed by atoms with Gasteiger partial charge in [0.1, 0.15) is 0 Å². The molecule has 0 N–H and O–H groups in total. The molecule has 42 heavy (non-hydrogen) atoms. The van der Waals surface area contributed by atoms with Gasteiger partial charge in [0.2, 0.25) is 5.91 Å². The van der Waals surface area contributed by atoms with Crippen LogP contribution in [0.3, 0.4) is 0 Å². The van der Waals surface area contributed by atoms with Crippen LogP contribution in [-0.4, -0.2) is 80.5 Å². The zero-order chi connectivity index (χ0) is 28.6.